The lowest BCUT2D eigenvalue weighted by molar-refractivity contribution is 0.0782. The second-order valence-electron chi connectivity index (χ2n) is 16.5. The van der Waals surface area contributed by atoms with E-state index in [1.807, 2.05) is 116 Å². The van der Waals surface area contributed by atoms with Gasteiger partial charge >= 0.3 is 0 Å². The van der Waals surface area contributed by atoms with E-state index in [4.69, 9.17) is 19.9 Å². The van der Waals surface area contributed by atoms with Gasteiger partial charge in [-0.25, -0.2) is 19.9 Å². The number of carbonyl (C=O) groups is 1. The number of hydrogen-bond donors (Lipinski definition) is 3. The molecule has 0 saturated carbocycles. The van der Waals surface area contributed by atoms with Crippen molar-refractivity contribution in [2.45, 2.75) is 45.9 Å². The van der Waals surface area contributed by atoms with Crippen LogP contribution in [-0.4, -0.2) is 50.8 Å². The van der Waals surface area contributed by atoms with Gasteiger partial charge in [-0.1, -0.05) is 104 Å². The highest BCUT2D eigenvalue weighted by Crippen LogP contribution is 2.36. The Morgan fingerprint density at radius 1 is 0.529 bits per heavy atom. The molecule has 4 aromatic carbocycles. The first-order valence-corrected chi connectivity index (χ1v) is 22.4. The number of nitrogens with one attached hydrogen (secondary N) is 2. The molecule has 6 heterocycles. The maximum atomic E-state index is 12.2. The maximum absolute atomic E-state index is 12.2. The summed E-state index contributed by atoms with van der Waals surface area (Å²) in [7, 11) is 0. The van der Waals surface area contributed by atoms with Gasteiger partial charge in [-0.2, -0.15) is 0 Å². The molecule has 3 N–H and O–H groups in total. The van der Waals surface area contributed by atoms with Crippen molar-refractivity contribution in [3.8, 4) is 45.0 Å². The first kappa shape index (κ1) is 44.6. The van der Waals surface area contributed by atoms with E-state index in [-0.39, 0.29) is 5.78 Å². The van der Waals surface area contributed by atoms with Gasteiger partial charge in [-0.3, -0.25) is 24.7 Å². The Kier molecular flexibility index (Phi) is 13.3. The third-order valence-corrected chi connectivity index (χ3v) is 11.3. The Hall–Kier alpha value is -8.61. The number of rotatable bonds is 13. The van der Waals surface area contributed by atoms with Crippen LogP contribution in [-0.2, 0) is 18.7 Å². The first-order valence-electron chi connectivity index (χ1n) is 22.4. The summed E-state index contributed by atoms with van der Waals surface area (Å²) in [6.07, 6.45) is 10.6. The lowest BCUT2D eigenvalue weighted by Crippen LogP contribution is -2.15. The van der Waals surface area contributed by atoms with Crippen molar-refractivity contribution in [3.05, 3.63) is 205 Å². The van der Waals surface area contributed by atoms with Gasteiger partial charge in [0, 0.05) is 65.9 Å². The van der Waals surface area contributed by atoms with Gasteiger partial charge in [0.25, 0.3) is 0 Å². The number of hydrogen-bond acceptors (Lipinski definition) is 12. The normalized spacial score (nSPS) is 11.2. The highest BCUT2D eigenvalue weighted by atomic mass is 16.3. The largest absolute Gasteiger partial charge is 0.386 e. The Morgan fingerprint density at radius 2 is 1.01 bits per heavy atom. The predicted octanol–water partition coefficient (Wildman–Crippen LogP) is 11.6. The summed E-state index contributed by atoms with van der Waals surface area (Å²) in [5, 5.41) is 19.3. The van der Waals surface area contributed by atoms with Gasteiger partial charge < -0.3 is 15.7 Å². The molecule has 12 nitrogen and oxygen atoms in total. The number of anilines is 2. The third-order valence-electron chi connectivity index (χ3n) is 11.3. The smallest absolute Gasteiger partial charge is 0.164 e. The molecule has 0 fully saturated rings. The summed E-state index contributed by atoms with van der Waals surface area (Å²) in [4.78, 5) is 49.2. The van der Waals surface area contributed by atoms with Crippen LogP contribution in [0.5, 0.6) is 0 Å². The van der Waals surface area contributed by atoms with Crippen molar-refractivity contribution in [1.29, 1.82) is 0 Å². The molecule has 0 amide bonds. The number of benzene rings is 4. The fourth-order valence-corrected chi connectivity index (χ4v) is 7.77. The Balaban J connectivity index is 0.000000170. The molecule has 0 aliphatic rings. The summed E-state index contributed by atoms with van der Waals surface area (Å²) >= 11 is 0. The van der Waals surface area contributed by atoms with E-state index in [1.54, 1.807) is 51.0 Å². The van der Waals surface area contributed by atoms with Crippen molar-refractivity contribution in [2.24, 2.45) is 0 Å². The SMILES string of the molecule is CC(C)(O)c1cncc(-c2nc(NCc3ccccn3)c3c(-c4ccccc4)cccc3n2)c1.CCC(=O)c1cncc(-c2nc(NCc3ccccn3)c3c(-c4ccccc4)cccc3n2)c1. The highest BCUT2D eigenvalue weighted by Gasteiger charge is 2.20. The number of pyridine rings is 4. The second kappa shape index (κ2) is 20.3. The Labute approximate surface area is 394 Å². The molecular weight excluding hydrogens is 845 g/mol. The van der Waals surface area contributed by atoms with E-state index in [9.17, 15) is 9.90 Å². The molecule has 10 rings (SSSR count). The molecule has 0 unspecified atom stereocenters. The van der Waals surface area contributed by atoms with Crippen molar-refractivity contribution < 1.29 is 9.90 Å². The van der Waals surface area contributed by atoms with Crippen LogP contribution >= 0.6 is 0 Å². The summed E-state index contributed by atoms with van der Waals surface area (Å²) in [6, 6.07) is 47.9. The predicted molar refractivity (Wildman–Crippen MR) is 269 cm³/mol. The summed E-state index contributed by atoms with van der Waals surface area (Å²) in [5.41, 5.74) is 9.42. The van der Waals surface area contributed by atoms with Gasteiger partial charge in [-0.05, 0) is 84.6 Å². The molecule has 0 atom stereocenters. The molecule has 0 spiro atoms. The zero-order chi connectivity index (χ0) is 46.9. The highest BCUT2D eigenvalue weighted by molar-refractivity contribution is 6.04. The van der Waals surface area contributed by atoms with E-state index >= 15 is 0 Å². The first-order chi connectivity index (χ1) is 33.2. The average molecular weight is 893 g/mol. The molecule has 334 valence electrons. The lowest BCUT2D eigenvalue weighted by Gasteiger charge is -2.18. The zero-order valence-corrected chi connectivity index (χ0v) is 37.9. The van der Waals surface area contributed by atoms with Gasteiger partial charge in [-0.15, -0.1) is 0 Å². The molecule has 0 radical (unpaired) electrons. The monoisotopic (exact) mass is 892 g/mol. The molecule has 0 bridgehead atoms. The van der Waals surface area contributed by atoms with Crippen LogP contribution in [0, 0.1) is 0 Å². The fourth-order valence-electron chi connectivity index (χ4n) is 7.77. The number of Topliss-reactive ketones (excluding diaryl/α,β-unsaturated/α-hetero) is 1. The van der Waals surface area contributed by atoms with Crippen molar-refractivity contribution in [2.75, 3.05) is 10.6 Å². The summed E-state index contributed by atoms with van der Waals surface area (Å²) < 4.78 is 0. The van der Waals surface area contributed by atoms with Crippen LogP contribution in [0.4, 0.5) is 11.6 Å². The number of nitrogens with zero attached hydrogens (tertiary/aromatic N) is 8. The Morgan fingerprint density at radius 3 is 1.49 bits per heavy atom. The van der Waals surface area contributed by atoms with Crippen molar-refractivity contribution in [1.82, 2.24) is 39.9 Å². The van der Waals surface area contributed by atoms with E-state index < -0.39 is 5.60 Å². The van der Waals surface area contributed by atoms with Crippen LogP contribution in [0.25, 0.3) is 66.8 Å². The van der Waals surface area contributed by atoms with Crippen LogP contribution in [0.3, 0.4) is 0 Å². The van der Waals surface area contributed by atoms with E-state index in [2.05, 4.69) is 67.0 Å². The lowest BCUT2D eigenvalue weighted by atomic mass is 9.98. The molecule has 6 aromatic heterocycles. The number of aliphatic hydroxyl groups is 1. The number of fused-ring (bicyclic) bond motifs is 2. The van der Waals surface area contributed by atoms with Crippen LogP contribution < -0.4 is 10.6 Å². The minimum absolute atomic E-state index is 0.0370. The molecule has 0 aliphatic carbocycles. The topological polar surface area (TPSA) is 164 Å². The van der Waals surface area contributed by atoms with Crippen LogP contribution in [0.1, 0.15) is 54.5 Å². The van der Waals surface area contributed by atoms with Crippen LogP contribution in [0.15, 0.2) is 183 Å². The average Bonchev–Trinajstić information content (AvgIpc) is 3.39. The summed E-state index contributed by atoms with van der Waals surface area (Å²) in [5.74, 6) is 2.52. The van der Waals surface area contributed by atoms with Crippen molar-refractivity contribution >= 4 is 39.2 Å². The second-order valence-corrected chi connectivity index (χ2v) is 16.5. The minimum Gasteiger partial charge on any atom is -0.386 e. The zero-order valence-electron chi connectivity index (χ0n) is 37.9. The Bertz CT molecular complexity index is 3330. The van der Waals surface area contributed by atoms with E-state index in [0.717, 1.165) is 66.8 Å². The molecular formula is C56H48N10O2. The molecule has 0 saturated heterocycles. The number of ketones is 1. The van der Waals surface area contributed by atoms with E-state index in [0.29, 0.717) is 53.7 Å². The quantitative estimate of drug-likeness (QED) is 0.0940. The molecule has 12 heteroatoms. The fraction of sp³-hybridized carbons (Fsp3) is 0.125. The minimum atomic E-state index is -1.01. The third kappa shape index (κ3) is 10.3. The van der Waals surface area contributed by atoms with Crippen molar-refractivity contribution in [3.63, 3.8) is 0 Å². The van der Waals surface area contributed by atoms with Gasteiger partial charge in [0.05, 0.1) is 51.9 Å². The molecule has 0 aliphatic heterocycles. The van der Waals surface area contributed by atoms with E-state index in [1.165, 1.54) is 0 Å². The van der Waals surface area contributed by atoms with Crippen LogP contribution in [0.2, 0.25) is 0 Å². The summed E-state index contributed by atoms with van der Waals surface area (Å²) in [6.45, 7) is 6.36. The standard InChI is InChI=1S/C28H25N5O.C28H23N5O/c1-28(2,34)21-15-20(16-29-17-21)26-32-24-13-8-12-23(19-9-4-3-5-10-19)25(24)27(33-26)31-18-22-11-6-7-14-30-22;1-2-25(34)20-15-21(17-29-16-20)27-32-24-13-8-12-23(19-9-4-3-5-10-19)26(24)28(33-27)31-18-22-11-6-7-14-30-22/h3-17,34H,18H2,1-2H3,(H,31,32,33);3-17H,2,18H2,1H3,(H,31,32,33). The molecule has 68 heavy (non-hydrogen) atoms. The van der Waals surface area contributed by atoms with Gasteiger partial charge in [0.1, 0.15) is 11.6 Å². The molecule has 10 aromatic rings. The number of aromatic nitrogens is 8. The number of carbonyl (C=O) groups excluding carboxylic acids is 1. The van der Waals surface area contributed by atoms with Gasteiger partial charge in [0.2, 0.25) is 0 Å². The maximum Gasteiger partial charge on any atom is 0.164 e. The van der Waals surface area contributed by atoms with Gasteiger partial charge in [0.15, 0.2) is 17.4 Å².